The van der Waals surface area contributed by atoms with Gasteiger partial charge in [0.25, 0.3) is 0 Å². The molecule has 2 nitrogen and oxygen atoms in total. The third-order valence-electron chi connectivity index (χ3n) is 8.51. The Hall–Kier alpha value is -5.47. The van der Waals surface area contributed by atoms with Gasteiger partial charge >= 0.3 is 0 Å². The van der Waals surface area contributed by atoms with Crippen molar-refractivity contribution in [3.63, 3.8) is 0 Å². The predicted octanol–water partition coefficient (Wildman–Crippen LogP) is 9.25. The predicted molar refractivity (Wildman–Crippen MR) is 172 cm³/mol. The van der Waals surface area contributed by atoms with Gasteiger partial charge in [-0.05, 0) is 50.7 Å². The van der Waals surface area contributed by atoms with E-state index in [9.17, 15) is 4.79 Å². The second-order valence-electron chi connectivity index (χ2n) is 10.8. The van der Waals surface area contributed by atoms with Crippen molar-refractivity contribution in [2.45, 2.75) is 5.41 Å². The van der Waals surface area contributed by atoms with Crippen molar-refractivity contribution in [1.82, 2.24) is 0 Å². The summed E-state index contributed by atoms with van der Waals surface area (Å²) >= 11 is 0. The largest absolute Gasteiger partial charge is 0.458 e. The first kappa shape index (κ1) is 24.3. The van der Waals surface area contributed by atoms with Gasteiger partial charge < -0.3 is 4.42 Å². The van der Waals surface area contributed by atoms with Gasteiger partial charge in [0, 0.05) is 5.57 Å². The van der Waals surface area contributed by atoms with Crippen LogP contribution in [0.5, 0.6) is 0 Å². The lowest BCUT2D eigenvalue weighted by Gasteiger charge is -2.34. The Morgan fingerprint density at radius 1 is 0.500 bits per heavy atom. The van der Waals surface area contributed by atoms with E-state index in [1.807, 2.05) is 66.7 Å². The fraction of sp³-hybridized carbons (Fsp3) is 0.0250. The number of benzene rings is 6. The van der Waals surface area contributed by atoms with Crippen LogP contribution >= 0.6 is 0 Å². The Morgan fingerprint density at radius 2 is 0.976 bits per heavy atom. The van der Waals surface area contributed by atoms with E-state index >= 15 is 0 Å². The van der Waals surface area contributed by atoms with Crippen molar-refractivity contribution in [2.75, 3.05) is 0 Å². The summed E-state index contributed by atoms with van der Waals surface area (Å²) in [7, 11) is 0. The molecule has 1 aromatic heterocycles. The van der Waals surface area contributed by atoms with Crippen LogP contribution in [0, 0.1) is 0 Å². The average Bonchev–Trinajstić information content (AvgIpc) is 3.37. The zero-order chi connectivity index (χ0) is 28.1. The van der Waals surface area contributed by atoms with Crippen LogP contribution in [0.3, 0.4) is 0 Å². The number of hydrogen-bond donors (Lipinski definition) is 0. The van der Waals surface area contributed by atoms with Gasteiger partial charge in [0.2, 0.25) is 5.43 Å². The molecular formula is C40H26O2. The lowest BCUT2D eigenvalue weighted by Crippen LogP contribution is -2.30. The van der Waals surface area contributed by atoms with Gasteiger partial charge in [0.1, 0.15) is 16.8 Å². The summed E-state index contributed by atoms with van der Waals surface area (Å²) in [5.41, 5.74) is 6.40. The smallest absolute Gasteiger partial charge is 0.200 e. The quantitative estimate of drug-likeness (QED) is 0.209. The SMILES string of the molecule is O=c1c2c(oc3cc4ccccc4cc13)C(c1ccccc1)(c1ccccc1)C(c1ccccc1)=C2c1ccccc1. The van der Waals surface area contributed by atoms with E-state index in [1.165, 1.54) is 0 Å². The fourth-order valence-corrected chi connectivity index (χ4v) is 6.75. The van der Waals surface area contributed by atoms with Crippen LogP contribution in [-0.4, -0.2) is 0 Å². The molecule has 0 spiro atoms. The summed E-state index contributed by atoms with van der Waals surface area (Å²) in [5.74, 6) is 0.658. The minimum Gasteiger partial charge on any atom is -0.458 e. The van der Waals surface area contributed by atoms with E-state index < -0.39 is 5.41 Å². The highest BCUT2D eigenvalue weighted by Gasteiger charge is 2.52. The second-order valence-corrected chi connectivity index (χ2v) is 10.8. The molecule has 0 saturated heterocycles. The Bertz CT molecular complexity index is 2140. The van der Waals surface area contributed by atoms with E-state index in [4.69, 9.17) is 4.42 Å². The van der Waals surface area contributed by atoms with Gasteiger partial charge in [-0.15, -0.1) is 0 Å². The van der Waals surface area contributed by atoms with Crippen molar-refractivity contribution in [3.8, 4) is 0 Å². The Morgan fingerprint density at radius 3 is 1.55 bits per heavy atom. The molecule has 0 aliphatic heterocycles. The van der Waals surface area contributed by atoms with Gasteiger partial charge in [0.05, 0.1) is 10.9 Å². The highest BCUT2D eigenvalue weighted by Crippen LogP contribution is 2.59. The van der Waals surface area contributed by atoms with Gasteiger partial charge in [-0.25, -0.2) is 0 Å². The molecule has 0 bridgehead atoms. The van der Waals surface area contributed by atoms with Crippen LogP contribution in [-0.2, 0) is 5.41 Å². The minimum atomic E-state index is -0.872. The van der Waals surface area contributed by atoms with Crippen LogP contribution < -0.4 is 5.43 Å². The summed E-state index contributed by atoms with van der Waals surface area (Å²) in [6.07, 6.45) is 0. The van der Waals surface area contributed by atoms with Crippen LogP contribution in [0.15, 0.2) is 167 Å². The highest BCUT2D eigenvalue weighted by atomic mass is 16.3. The van der Waals surface area contributed by atoms with Crippen molar-refractivity contribution in [3.05, 3.63) is 202 Å². The number of rotatable bonds is 4. The molecule has 0 saturated carbocycles. The molecular weight excluding hydrogens is 512 g/mol. The molecule has 8 rings (SSSR count). The van der Waals surface area contributed by atoms with Gasteiger partial charge in [-0.3, -0.25) is 4.79 Å². The van der Waals surface area contributed by atoms with Crippen molar-refractivity contribution >= 4 is 32.9 Å². The number of allylic oxidation sites excluding steroid dienone is 1. The molecule has 1 aliphatic rings. The fourth-order valence-electron chi connectivity index (χ4n) is 6.75. The number of fused-ring (bicyclic) bond motifs is 3. The highest BCUT2D eigenvalue weighted by molar-refractivity contribution is 6.11. The molecule has 1 aliphatic carbocycles. The third kappa shape index (κ3) is 3.49. The molecule has 42 heavy (non-hydrogen) atoms. The van der Waals surface area contributed by atoms with Crippen molar-refractivity contribution in [2.24, 2.45) is 0 Å². The van der Waals surface area contributed by atoms with E-state index in [0.717, 1.165) is 44.2 Å². The maximum atomic E-state index is 14.9. The minimum absolute atomic E-state index is 0.0157. The van der Waals surface area contributed by atoms with Crippen molar-refractivity contribution in [1.29, 1.82) is 0 Å². The van der Waals surface area contributed by atoms with Gasteiger partial charge in [-0.2, -0.15) is 0 Å². The zero-order valence-electron chi connectivity index (χ0n) is 22.8. The van der Waals surface area contributed by atoms with Gasteiger partial charge in [0.15, 0.2) is 0 Å². The topological polar surface area (TPSA) is 30.2 Å². The molecule has 198 valence electrons. The van der Waals surface area contributed by atoms with E-state index in [0.29, 0.717) is 22.3 Å². The second kappa shape index (κ2) is 9.57. The van der Waals surface area contributed by atoms with Crippen LogP contribution in [0.4, 0.5) is 0 Å². The van der Waals surface area contributed by atoms with E-state index in [-0.39, 0.29) is 5.43 Å². The lowest BCUT2D eigenvalue weighted by molar-refractivity contribution is 0.498. The molecule has 6 aromatic carbocycles. The monoisotopic (exact) mass is 538 g/mol. The number of hydrogen-bond acceptors (Lipinski definition) is 2. The Balaban J connectivity index is 1.65. The maximum absolute atomic E-state index is 14.9. The summed E-state index contributed by atoms with van der Waals surface area (Å²) in [6, 6.07) is 53.8. The van der Waals surface area contributed by atoms with Crippen LogP contribution in [0.25, 0.3) is 32.9 Å². The molecule has 0 radical (unpaired) electrons. The summed E-state index contributed by atoms with van der Waals surface area (Å²) < 4.78 is 7.08. The van der Waals surface area contributed by atoms with Crippen molar-refractivity contribution < 1.29 is 4.42 Å². The van der Waals surface area contributed by atoms with Crippen LogP contribution in [0.2, 0.25) is 0 Å². The molecule has 0 unspecified atom stereocenters. The summed E-state index contributed by atoms with van der Waals surface area (Å²) in [6.45, 7) is 0. The zero-order valence-corrected chi connectivity index (χ0v) is 22.8. The standard InChI is InChI=1S/C40H26O2/c41-38-33-25-29-19-13-14-20-30(29)26-34(33)42-39-36(38)35(27-15-5-1-6-16-27)37(28-17-7-2-8-18-28)40(39,31-21-9-3-10-22-31)32-23-11-4-12-24-32/h1-26H. The van der Waals surface area contributed by atoms with Gasteiger partial charge in [-0.1, -0.05) is 146 Å². The molecule has 0 amide bonds. The first-order chi connectivity index (χ1) is 20.8. The van der Waals surface area contributed by atoms with Crippen LogP contribution in [0.1, 0.15) is 33.6 Å². The molecule has 0 N–H and O–H groups in total. The molecule has 2 heteroatoms. The average molecular weight is 539 g/mol. The lowest BCUT2D eigenvalue weighted by atomic mass is 9.67. The molecule has 7 aromatic rings. The first-order valence-electron chi connectivity index (χ1n) is 14.2. The van der Waals surface area contributed by atoms with E-state index in [1.54, 1.807) is 0 Å². The summed E-state index contributed by atoms with van der Waals surface area (Å²) in [5, 5.41) is 2.64. The normalized spacial score (nSPS) is 13.9. The molecule has 0 atom stereocenters. The third-order valence-corrected chi connectivity index (χ3v) is 8.51. The van der Waals surface area contributed by atoms with E-state index in [2.05, 4.69) is 91.0 Å². The Kier molecular flexibility index (Phi) is 5.55. The maximum Gasteiger partial charge on any atom is 0.200 e. The molecule has 1 heterocycles. The first-order valence-corrected chi connectivity index (χ1v) is 14.2. The Labute approximate surface area is 243 Å². The summed E-state index contributed by atoms with van der Waals surface area (Å²) in [4.78, 5) is 14.9. The molecule has 0 fully saturated rings.